The maximum atomic E-state index is 12.8. The number of halogens is 2. The third kappa shape index (κ3) is 2.86. The van der Waals surface area contributed by atoms with Crippen LogP contribution in [0.2, 0.25) is 0 Å². The first kappa shape index (κ1) is 18.2. The van der Waals surface area contributed by atoms with Crippen LogP contribution in [-0.2, 0) is 6.54 Å². The van der Waals surface area contributed by atoms with E-state index in [4.69, 9.17) is 4.74 Å². The molecule has 0 saturated heterocycles. The zero-order valence-corrected chi connectivity index (χ0v) is 16.1. The standard InChI is InChI=1S/C19H16F2N8O/c1-11-25-17-15(27(11)9-13-3-5-29(26-13)19(20)21)7-12(8-22-17)14-4-6-28-16(14)18(30-2)23-10-24-28/h3-8,10,19H,9H2,1-2H3. The van der Waals surface area contributed by atoms with Crippen molar-refractivity contribution >= 4 is 16.7 Å². The molecule has 5 aromatic heterocycles. The zero-order chi connectivity index (χ0) is 20.8. The number of imidazole rings is 1. The maximum Gasteiger partial charge on any atom is 0.333 e. The van der Waals surface area contributed by atoms with Gasteiger partial charge in [-0.1, -0.05) is 0 Å². The molecule has 0 unspecified atom stereocenters. The fraction of sp³-hybridized carbons (Fsp3) is 0.211. The van der Waals surface area contributed by atoms with Crippen LogP contribution in [0, 0.1) is 6.92 Å². The molecule has 0 bridgehead atoms. The first-order valence-corrected chi connectivity index (χ1v) is 9.07. The highest BCUT2D eigenvalue weighted by molar-refractivity contribution is 5.87. The lowest BCUT2D eigenvalue weighted by atomic mass is 10.1. The topological polar surface area (TPSA) is 88.0 Å². The fourth-order valence-electron chi connectivity index (χ4n) is 3.51. The predicted molar refractivity (Wildman–Crippen MR) is 103 cm³/mol. The summed E-state index contributed by atoms with van der Waals surface area (Å²) in [6.45, 7) is -0.528. The van der Waals surface area contributed by atoms with Crippen LogP contribution in [0.15, 0.2) is 43.1 Å². The second-order valence-corrected chi connectivity index (χ2v) is 6.67. The number of aromatic nitrogens is 8. The van der Waals surface area contributed by atoms with Crippen LogP contribution in [-0.4, -0.2) is 46.0 Å². The van der Waals surface area contributed by atoms with Crippen molar-refractivity contribution in [1.29, 1.82) is 0 Å². The van der Waals surface area contributed by atoms with Gasteiger partial charge in [-0.3, -0.25) is 0 Å². The number of aryl methyl sites for hydroxylation is 1. The average Bonchev–Trinajstić information content (AvgIpc) is 3.45. The Morgan fingerprint density at radius 3 is 2.80 bits per heavy atom. The summed E-state index contributed by atoms with van der Waals surface area (Å²) in [5, 5.41) is 8.14. The van der Waals surface area contributed by atoms with Gasteiger partial charge in [0.15, 0.2) is 5.65 Å². The fourth-order valence-corrected chi connectivity index (χ4v) is 3.51. The van der Waals surface area contributed by atoms with Crippen LogP contribution in [0.5, 0.6) is 5.88 Å². The van der Waals surface area contributed by atoms with E-state index in [1.54, 1.807) is 23.9 Å². The SMILES string of the molecule is COc1ncnn2ccc(-c3cnc4nc(C)n(Cc5ccn(C(F)F)n5)c4c3)c12. The Morgan fingerprint density at radius 1 is 1.17 bits per heavy atom. The van der Waals surface area contributed by atoms with Crippen LogP contribution in [0.25, 0.3) is 27.8 Å². The van der Waals surface area contributed by atoms with E-state index in [2.05, 4.69) is 25.1 Å². The molecule has 0 aliphatic carbocycles. The lowest BCUT2D eigenvalue weighted by Gasteiger charge is -2.07. The van der Waals surface area contributed by atoms with Crippen molar-refractivity contribution in [3.05, 3.63) is 54.6 Å². The molecule has 0 saturated carbocycles. The zero-order valence-electron chi connectivity index (χ0n) is 16.1. The van der Waals surface area contributed by atoms with E-state index >= 15 is 0 Å². The number of hydrogen-bond donors (Lipinski definition) is 0. The Kier molecular flexibility index (Phi) is 4.16. The minimum Gasteiger partial charge on any atom is -0.479 e. The van der Waals surface area contributed by atoms with Gasteiger partial charge in [-0.15, -0.1) is 0 Å². The summed E-state index contributed by atoms with van der Waals surface area (Å²) in [5.41, 5.74) is 4.25. The van der Waals surface area contributed by atoms with Crippen molar-refractivity contribution in [3.63, 3.8) is 0 Å². The Morgan fingerprint density at radius 2 is 2.03 bits per heavy atom. The Bertz CT molecular complexity index is 1370. The molecule has 5 heterocycles. The highest BCUT2D eigenvalue weighted by Crippen LogP contribution is 2.31. The minimum absolute atomic E-state index is 0.302. The van der Waals surface area contributed by atoms with Crippen molar-refractivity contribution in [1.82, 2.24) is 38.9 Å². The van der Waals surface area contributed by atoms with E-state index in [0.29, 0.717) is 34.3 Å². The summed E-state index contributed by atoms with van der Waals surface area (Å²) in [7, 11) is 1.55. The molecule has 0 radical (unpaired) electrons. The summed E-state index contributed by atoms with van der Waals surface area (Å²) >= 11 is 0. The second-order valence-electron chi connectivity index (χ2n) is 6.67. The number of fused-ring (bicyclic) bond motifs is 2. The average molecular weight is 410 g/mol. The molecule has 0 aromatic carbocycles. The normalized spacial score (nSPS) is 11.8. The molecule has 30 heavy (non-hydrogen) atoms. The van der Waals surface area contributed by atoms with Crippen LogP contribution < -0.4 is 4.74 Å². The number of nitrogens with zero attached hydrogens (tertiary/aromatic N) is 8. The molecular weight excluding hydrogens is 394 g/mol. The summed E-state index contributed by atoms with van der Waals surface area (Å²) < 4.78 is 35.3. The maximum absolute atomic E-state index is 12.8. The molecule has 0 aliphatic rings. The highest BCUT2D eigenvalue weighted by atomic mass is 19.3. The van der Waals surface area contributed by atoms with Crippen molar-refractivity contribution in [2.24, 2.45) is 0 Å². The largest absolute Gasteiger partial charge is 0.479 e. The van der Waals surface area contributed by atoms with Crippen molar-refractivity contribution in [3.8, 4) is 17.0 Å². The smallest absolute Gasteiger partial charge is 0.333 e. The van der Waals surface area contributed by atoms with Gasteiger partial charge in [0, 0.05) is 29.7 Å². The van der Waals surface area contributed by atoms with Crippen LogP contribution in [0.4, 0.5) is 8.78 Å². The number of rotatable bonds is 5. The molecular formula is C19H16F2N8O. The Balaban J connectivity index is 1.62. The molecule has 0 N–H and O–H groups in total. The third-order valence-electron chi connectivity index (χ3n) is 4.90. The number of methoxy groups -OCH3 is 1. The number of alkyl halides is 2. The van der Waals surface area contributed by atoms with Gasteiger partial charge in [0.05, 0.1) is 24.9 Å². The van der Waals surface area contributed by atoms with E-state index in [1.807, 2.05) is 29.8 Å². The number of pyridine rings is 1. The lowest BCUT2D eigenvalue weighted by Crippen LogP contribution is -2.05. The van der Waals surface area contributed by atoms with Crippen molar-refractivity contribution in [2.45, 2.75) is 20.0 Å². The van der Waals surface area contributed by atoms with E-state index in [0.717, 1.165) is 22.2 Å². The predicted octanol–water partition coefficient (Wildman–Crippen LogP) is 3.10. The summed E-state index contributed by atoms with van der Waals surface area (Å²) in [6, 6.07) is 5.43. The van der Waals surface area contributed by atoms with Gasteiger partial charge < -0.3 is 9.30 Å². The van der Waals surface area contributed by atoms with Gasteiger partial charge in [-0.05, 0) is 25.1 Å². The monoisotopic (exact) mass is 410 g/mol. The first-order valence-electron chi connectivity index (χ1n) is 9.07. The molecule has 9 nitrogen and oxygen atoms in total. The molecule has 0 fully saturated rings. The molecule has 0 aliphatic heterocycles. The molecule has 0 amide bonds. The Labute approximate surface area is 168 Å². The second kappa shape index (κ2) is 6.87. The lowest BCUT2D eigenvalue weighted by molar-refractivity contribution is 0.0561. The van der Waals surface area contributed by atoms with Crippen LogP contribution >= 0.6 is 0 Å². The molecule has 0 atom stereocenters. The van der Waals surface area contributed by atoms with Gasteiger partial charge in [-0.25, -0.2) is 19.2 Å². The molecule has 152 valence electrons. The third-order valence-corrected chi connectivity index (χ3v) is 4.90. The molecule has 11 heteroatoms. The highest BCUT2D eigenvalue weighted by Gasteiger charge is 2.16. The van der Waals surface area contributed by atoms with Gasteiger partial charge in [-0.2, -0.15) is 24.0 Å². The van der Waals surface area contributed by atoms with Gasteiger partial charge in [0.1, 0.15) is 17.7 Å². The Hall–Kier alpha value is -3.89. The van der Waals surface area contributed by atoms with Crippen LogP contribution in [0.3, 0.4) is 0 Å². The quantitative estimate of drug-likeness (QED) is 0.442. The number of ether oxygens (including phenoxy) is 1. The van der Waals surface area contributed by atoms with Gasteiger partial charge >= 0.3 is 6.55 Å². The summed E-state index contributed by atoms with van der Waals surface area (Å²) in [6.07, 6.45) is 6.23. The van der Waals surface area contributed by atoms with E-state index < -0.39 is 6.55 Å². The van der Waals surface area contributed by atoms with Crippen molar-refractivity contribution < 1.29 is 13.5 Å². The molecule has 5 rings (SSSR count). The minimum atomic E-state index is -2.67. The van der Waals surface area contributed by atoms with E-state index in [9.17, 15) is 8.78 Å². The van der Waals surface area contributed by atoms with Gasteiger partial charge in [0.25, 0.3) is 0 Å². The number of hydrogen-bond acceptors (Lipinski definition) is 6. The van der Waals surface area contributed by atoms with E-state index in [1.165, 1.54) is 12.5 Å². The van der Waals surface area contributed by atoms with Gasteiger partial charge in [0.2, 0.25) is 5.88 Å². The summed E-state index contributed by atoms with van der Waals surface area (Å²) in [5.74, 6) is 1.16. The molecule has 0 spiro atoms. The van der Waals surface area contributed by atoms with Crippen molar-refractivity contribution in [2.75, 3.05) is 7.11 Å². The van der Waals surface area contributed by atoms with E-state index in [-0.39, 0.29) is 0 Å². The first-order chi connectivity index (χ1) is 14.5. The van der Waals surface area contributed by atoms with Crippen LogP contribution in [0.1, 0.15) is 18.1 Å². The summed E-state index contributed by atoms with van der Waals surface area (Å²) in [4.78, 5) is 13.1. The molecule has 5 aromatic rings.